The van der Waals surface area contributed by atoms with E-state index in [2.05, 4.69) is 174 Å². The monoisotopic (exact) mass is 587 g/mol. The highest BCUT2D eigenvalue weighted by Gasteiger charge is 2.24. The van der Waals surface area contributed by atoms with Gasteiger partial charge < -0.3 is 4.57 Å². The van der Waals surface area contributed by atoms with Crippen molar-refractivity contribution >= 4 is 21.8 Å². The Morgan fingerprint density at radius 2 is 1.09 bits per heavy atom. The summed E-state index contributed by atoms with van der Waals surface area (Å²) in [7, 11) is 0. The average molecular weight is 588 g/mol. The normalized spacial score (nSPS) is 14.1. The second kappa shape index (κ2) is 11.1. The fraction of sp³-hybridized carbons (Fsp3) is 0.0667. The van der Waals surface area contributed by atoms with Crippen molar-refractivity contribution in [3.8, 4) is 39.1 Å². The van der Waals surface area contributed by atoms with Gasteiger partial charge in [-0.15, -0.1) is 0 Å². The fourth-order valence-corrected chi connectivity index (χ4v) is 7.65. The van der Waals surface area contributed by atoms with E-state index in [1.165, 1.54) is 77.6 Å². The summed E-state index contributed by atoms with van der Waals surface area (Å²) in [6.07, 6.45) is 2.20. The van der Waals surface area contributed by atoms with E-state index in [4.69, 9.17) is 0 Å². The third kappa shape index (κ3) is 4.47. The van der Waals surface area contributed by atoms with Crippen molar-refractivity contribution in [2.45, 2.75) is 18.8 Å². The molecule has 7 aromatic carbocycles. The van der Waals surface area contributed by atoms with Crippen LogP contribution < -0.4 is 0 Å². The van der Waals surface area contributed by atoms with Gasteiger partial charge in [-0.3, -0.25) is 0 Å². The van der Waals surface area contributed by atoms with Crippen LogP contribution in [0.5, 0.6) is 0 Å². The molecule has 9 rings (SSSR count). The first-order valence-electron chi connectivity index (χ1n) is 16.3. The van der Waals surface area contributed by atoms with Gasteiger partial charge in [0.2, 0.25) is 0 Å². The molecule has 1 heterocycles. The summed E-state index contributed by atoms with van der Waals surface area (Å²) < 4.78 is 2.38. The molecule has 46 heavy (non-hydrogen) atoms. The minimum absolute atomic E-state index is 0.383. The van der Waals surface area contributed by atoms with Crippen molar-refractivity contribution in [2.24, 2.45) is 0 Å². The molecule has 0 saturated carbocycles. The summed E-state index contributed by atoms with van der Waals surface area (Å²) in [5.74, 6) is 0.383. The van der Waals surface area contributed by atoms with Crippen LogP contribution in [0.4, 0.5) is 0 Å². The lowest BCUT2D eigenvalue weighted by atomic mass is 9.84. The summed E-state index contributed by atoms with van der Waals surface area (Å²) >= 11 is 0. The number of aryl methyl sites for hydroxylation is 1. The molecule has 1 aromatic heterocycles. The van der Waals surface area contributed by atoms with Gasteiger partial charge in [0.05, 0.1) is 11.0 Å². The molecule has 1 atom stereocenters. The topological polar surface area (TPSA) is 4.93 Å². The van der Waals surface area contributed by atoms with E-state index in [0.29, 0.717) is 5.92 Å². The van der Waals surface area contributed by atoms with E-state index < -0.39 is 0 Å². The van der Waals surface area contributed by atoms with Gasteiger partial charge in [-0.05, 0) is 105 Å². The van der Waals surface area contributed by atoms with Gasteiger partial charge in [0.25, 0.3) is 0 Å². The van der Waals surface area contributed by atoms with Crippen molar-refractivity contribution in [1.29, 1.82) is 0 Å². The van der Waals surface area contributed by atoms with Crippen LogP contribution in [-0.2, 0) is 6.42 Å². The first kappa shape index (κ1) is 26.7. The molecule has 0 amide bonds. The van der Waals surface area contributed by atoms with Gasteiger partial charge in [0.1, 0.15) is 0 Å². The second-order valence-corrected chi connectivity index (χ2v) is 12.5. The Balaban J connectivity index is 1.16. The largest absolute Gasteiger partial charge is 0.309 e. The lowest BCUT2D eigenvalue weighted by Gasteiger charge is -2.20. The van der Waals surface area contributed by atoms with E-state index >= 15 is 0 Å². The number of para-hydroxylation sites is 2. The Labute approximate surface area is 270 Å². The predicted molar refractivity (Wildman–Crippen MR) is 194 cm³/mol. The number of aromatic nitrogens is 1. The van der Waals surface area contributed by atoms with Crippen molar-refractivity contribution in [2.75, 3.05) is 0 Å². The number of benzene rings is 7. The number of hydrogen-bond donors (Lipinski definition) is 0. The van der Waals surface area contributed by atoms with E-state index in [-0.39, 0.29) is 0 Å². The molecule has 0 radical (unpaired) electrons. The fourth-order valence-electron chi connectivity index (χ4n) is 7.65. The molecule has 0 bridgehead atoms. The molecule has 1 heteroatoms. The van der Waals surface area contributed by atoms with Crippen molar-refractivity contribution < 1.29 is 0 Å². The maximum absolute atomic E-state index is 2.44. The smallest absolute Gasteiger partial charge is 0.0541 e. The first-order chi connectivity index (χ1) is 22.8. The summed E-state index contributed by atoms with van der Waals surface area (Å²) in [6.45, 7) is 0. The standard InChI is InChI=1S/C45H33N/c1-3-12-31(13-4-1)39-25-22-32-14-7-8-19-38(32)42-29-35(23-26-40(39)42)33-15-11-16-34(28-33)36-24-27-45-43(30-36)41-20-9-10-21-44(41)46(45)37-17-5-2-6-18-37/h1-21,23-24,26-30,39H,22,25H2. The number of hydrogen-bond acceptors (Lipinski definition) is 0. The molecule has 0 spiro atoms. The zero-order valence-electron chi connectivity index (χ0n) is 25.6. The Morgan fingerprint density at radius 3 is 1.93 bits per heavy atom. The molecule has 0 saturated heterocycles. The molecule has 0 N–H and O–H groups in total. The van der Waals surface area contributed by atoms with Gasteiger partial charge in [0, 0.05) is 22.4 Å². The molecule has 0 fully saturated rings. The average Bonchev–Trinajstić information content (AvgIpc) is 3.37. The molecular formula is C45H33N. The van der Waals surface area contributed by atoms with Crippen LogP contribution in [-0.4, -0.2) is 4.57 Å². The minimum atomic E-state index is 0.383. The Morgan fingerprint density at radius 1 is 0.435 bits per heavy atom. The maximum Gasteiger partial charge on any atom is 0.0541 e. The van der Waals surface area contributed by atoms with Crippen LogP contribution in [0.15, 0.2) is 170 Å². The van der Waals surface area contributed by atoms with Gasteiger partial charge in [0.15, 0.2) is 0 Å². The highest BCUT2D eigenvalue weighted by atomic mass is 15.0. The number of rotatable bonds is 4. The molecule has 218 valence electrons. The van der Waals surface area contributed by atoms with Crippen LogP contribution in [0.25, 0.3) is 60.9 Å². The van der Waals surface area contributed by atoms with Crippen molar-refractivity contribution in [1.82, 2.24) is 4.57 Å². The summed E-state index contributed by atoms with van der Waals surface area (Å²) in [4.78, 5) is 0. The lowest BCUT2D eigenvalue weighted by Crippen LogP contribution is -2.02. The van der Waals surface area contributed by atoms with E-state index in [9.17, 15) is 0 Å². The molecule has 1 unspecified atom stereocenters. The zero-order chi connectivity index (χ0) is 30.5. The van der Waals surface area contributed by atoms with Gasteiger partial charge in [-0.2, -0.15) is 0 Å². The second-order valence-electron chi connectivity index (χ2n) is 12.5. The third-order valence-corrected chi connectivity index (χ3v) is 9.86. The molecule has 8 aromatic rings. The lowest BCUT2D eigenvalue weighted by molar-refractivity contribution is 0.726. The summed E-state index contributed by atoms with van der Waals surface area (Å²) in [5, 5.41) is 2.55. The highest BCUT2D eigenvalue weighted by Crippen LogP contribution is 2.43. The first-order valence-corrected chi connectivity index (χ1v) is 16.3. The number of nitrogens with zero attached hydrogens (tertiary/aromatic N) is 1. The van der Waals surface area contributed by atoms with Crippen molar-refractivity contribution in [3.63, 3.8) is 0 Å². The molecular weight excluding hydrogens is 555 g/mol. The Bertz CT molecular complexity index is 2360. The predicted octanol–water partition coefficient (Wildman–Crippen LogP) is 11.9. The minimum Gasteiger partial charge on any atom is -0.309 e. The molecule has 1 nitrogen and oxygen atoms in total. The van der Waals surface area contributed by atoms with Crippen LogP contribution >= 0.6 is 0 Å². The molecule has 0 aliphatic heterocycles. The van der Waals surface area contributed by atoms with Crippen LogP contribution in [0.3, 0.4) is 0 Å². The maximum atomic E-state index is 2.44. The zero-order valence-corrected chi connectivity index (χ0v) is 25.6. The van der Waals surface area contributed by atoms with Crippen LogP contribution in [0, 0.1) is 0 Å². The highest BCUT2D eigenvalue weighted by molar-refractivity contribution is 6.10. The number of fused-ring (bicyclic) bond motifs is 6. The third-order valence-electron chi connectivity index (χ3n) is 9.86. The Hall–Kier alpha value is -5.66. The van der Waals surface area contributed by atoms with Crippen LogP contribution in [0.1, 0.15) is 29.0 Å². The van der Waals surface area contributed by atoms with E-state index in [1.807, 2.05) is 0 Å². The van der Waals surface area contributed by atoms with Gasteiger partial charge >= 0.3 is 0 Å². The van der Waals surface area contributed by atoms with Crippen molar-refractivity contribution in [3.05, 3.63) is 187 Å². The summed E-state index contributed by atoms with van der Waals surface area (Å²) in [6, 6.07) is 62.6. The Kier molecular flexibility index (Phi) is 6.42. The van der Waals surface area contributed by atoms with E-state index in [1.54, 1.807) is 0 Å². The van der Waals surface area contributed by atoms with E-state index in [0.717, 1.165) is 12.8 Å². The SMILES string of the molecule is c1ccc(C2CCc3ccccc3-c3cc(-c4cccc(-c5ccc6c(c5)c5ccccc5n6-c5ccccc5)c4)ccc32)cc1. The van der Waals surface area contributed by atoms with Gasteiger partial charge in [-0.1, -0.05) is 127 Å². The molecule has 1 aliphatic rings. The summed E-state index contributed by atoms with van der Waals surface area (Å²) in [5.41, 5.74) is 15.6. The van der Waals surface area contributed by atoms with Crippen LogP contribution in [0.2, 0.25) is 0 Å². The van der Waals surface area contributed by atoms with Gasteiger partial charge in [-0.25, -0.2) is 0 Å². The quantitative estimate of drug-likeness (QED) is 0.193. The molecule has 1 aliphatic carbocycles.